The summed E-state index contributed by atoms with van der Waals surface area (Å²) in [5.74, 6) is 0. The van der Waals surface area contributed by atoms with Crippen molar-refractivity contribution in [2.45, 2.75) is 69.2 Å². The molecule has 10 rings (SSSR count). The molecule has 0 aliphatic heterocycles. The van der Waals surface area contributed by atoms with E-state index in [1.165, 1.54) is 33.4 Å². The van der Waals surface area contributed by atoms with Gasteiger partial charge in [0, 0.05) is 0 Å². The van der Waals surface area contributed by atoms with Crippen molar-refractivity contribution < 1.29 is 20.6 Å². The number of aryl methyl sites for hydroxylation is 10. The van der Waals surface area contributed by atoms with Crippen LogP contribution in [0.3, 0.4) is 0 Å². The van der Waals surface area contributed by atoms with Gasteiger partial charge in [0.2, 0.25) is 0 Å². The van der Waals surface area contributed by atoms with E-state index in [4.69, 9.17) is 20.6 Å². The molecular formula is C70H70O5Si6. The van der Waals surface area contributed by atoms with Crippen LogP contribution in [0.5, 0.6) is 0 Å². The molecule has 11 heteroatoms. The molecule has 0 heterocycles. The SMILES string of the molecule is Cc1ccc([Si](O[Si](O[Si](O[Si](c2ccc(C)cc2)(c2ccc(C)cc2)c2ccc(C)cc2)c2ccc(C)cc2)c2ccc(C)cc2)O[Si](O[Si](c2ccc(C)cc2)(c2ccc(C)cc2)c2ccc(C)cc2)c2ccc(C)cc2)cc1. The molecule has 0 N–H and O–H groups in total. The summed E-state index contributed by atoms with van der Waals surface area (Å²) in [6.45, 7) is 21.4. The molecule has 0 bridgehead atoms. The molecule has 404 valence electrons. The molecule has 0 aliphatic carbocycles. The molecule has 0 saturated carbocycles. The lowest BCUT2D eigenvalue weighted by molar-refractivity contribution is 0.350. The Hall–Kier alpha value is -6.70. The van der Waals surface area contributed by atoms with Crippen molar-refractivity contribution in [1.82, 2.24) is 0 Å². The largest absolute Gasteiger partial charge is 0.421 e. The van der Waals surface area contributed by atoms with Crippen molar-refractivity contribution in [3.8, 4) is 0 Å². The van der Waals surface area contributed by atoms with Crippen LogP contribution >= 0.6 is 0 Å². The maximum absolute atomic E-state index is 8.24. The number of hydrogen-bond donors (Lipinski definition) is 0. The van der Waals surface area contributed by atoms with Crippen LogP contribution in [0.1, 0.15) is 55.6 Å². The Balaban J connectivity index is 1.16. The van der Waals surface area contributed by atoms with E-state index in [0.29, 0.717) is 0 Å². The summed E-state index contributed by atoms with van der Waals surface area (Å²) < 4.78 is 40.2. The maximum Gasteiger partial charge on any atom is 0.405 e. The first-order valence-electron chi connectivity index (χ1n) is 27.8. The zero-order chi connectivity index (χ0) is 56.7. The third kappa shape index (κ3) is 13.3. The second kappa shape index (κ2) is 25.6. The lowest BCUT2D eigenvalue weighted by atomic mass is 10.2. The van der Waals surface area contributed by atoms with E-state index in [2.05, 4.69) is 312 Å². The molecule has 0 atom stereocenters. The minimum absolute atomic E-state index is 0.961. The molecule has 10 aromatic rings. The van der Waals surface area contributed by atoms with Gasteiger partial charge in [-0.2, -0.15) is 0 Å². The molecule has 0 amide bonds. The first kappa shape index (κ1) is 57.5. The van der Waals surface area contributed by atoms with Crippen molar-refractivity contribution in [1.29, 1.82) is 0 Å². The highest BCUT2D eigenvalue weighted by Gasteiger charge is 2.49. The molecule has 0 fully saturated rings. The molecule has 4 radical (unpaired) electrons. The zero-order valence-electron chi connectivity index (χ0n) is 48.1. The Morgan fingerprint density at radius 3 is 0.494 bits per heavy atom. The average molecular weight is 1160 g/mol. The van der Waals surface area contributed by atoms with E-state index in [1.807, 2.05) is 0 Å². The summed E-state index contributed by atoms with van der Waals surface area (Å²) in [5, 5.41) is 10.8. The van der Waals surface area contributed by atoms with Gasteiger partial charge in [-0.3, -0.25) is 0 Å². The fraction of sp³-hybridized carbons (Fsp3) is 0.143. The van der Waals surface area contributed by atoms with Crippen molar-refractivity contribution in [3.05, 3.63) is 298 Å². The second-order valence-electron chi connectivity index (χ2n) is 21.7. The lowest BCUT2D eigenvalue weighted by Gasteiger charge is -2.38. The van der Waals surface area contributed by atoms with Crippen LogP contribution in [-0.2, 0) is 20.6 Å². The predicted octanol–water partition coefficient (Wildman–Crippen LogP) is 9.07. The summed E-state index contributed by atoms with van der Waals surface area (Å²) in [6.07, 6.45) is 0. The fourth-order valence-corrected chi connectivity index (χ4v) is 30.5. The molecule has 0 unspecified atom stereocenters. The Morgan fingerprint density at radius 1 is 0.185 bits per heavy atom. The zero-order valence-corrected chi connectivity index (χ0v) is 54.1. The Bertz CT molecular complexity index is 3170. The summed E-state index contributed by atoms with van der Waals surface area (Å²) in [6, 6.07) is 88.5. The van der Waals surface area contributed by atoms with Crippen molar-refractivity contribution in [2.24, 2.45) is 0 Å². The van der Waals surface area contributed by atoms with Crippen LogP contribution < -0.4 is 51.9 Å². The van der Waals surface area contributed by atoms with Crippen LogP contribution in [0.4, 0.5) is 0 Å². The van der Waals surface area contributed by atoms with Gasteiger partial charge in [0.1, 0.15) is 0 Å². The van der Waals surface area contributed by atoms with E-state index < -0.39 is 53.8 Å². The van der Waals surface area contributed by atoms with Crippen LogP contribution in [-0.4, -0.2) is 53.8 Å². The maximum atomic E-state index is 8.24. The van der Waals surface area contributed by atoms with Gasteiger partial charge in [-0.05, 0) is 121 Å². The predicted molar refractivity (Wildman–Crippen MR) is 348 cm³/mol. The van der Waals surface area contributed by atoms with Crippen molar-refractivity contribution >= 4 is 106 Å². The first-order chi connectivity index (χ1) is 39.1. The van der Waals surface area contributed by atoms with E-state index in [0.717, 1.165) is 74.1 Å². The van der Waals surface area contributed by atoms with Gasteiger partial charge in [-0.1, -0.05) is 298 Å². The quantitative estimate of drug-likeness (QED) is 0.0564. The third-order valence-electron chi connectivity index (χ3n) is 14.9. The van der Waals surface area contributed by atoms with Gasteiger partial charge in [-0.25, -0.2) is 0 Å². The second-order valence-corrected chi connectivity index (χ2v) is 36.6. The monoisotopic (exact) mass is 1160 g/mol. The van der Waals surface area contributed by atoms with Crippen LogP contribution in [0.25, 0.3) is 0 Å². The van der Waals surface area contributed by atoms with E-state index in [9.17, 15) is 0 Å². The molecule has 10 aromatic carbocycles. The van der Waals surface area contributed by atoms with Crippen LogP contribution in [0.15, 0.2) is 243 Å². The molecule has 0 saturated heterocycles. The molecule has 0 spiro atoms. The molecule has 0 aliphatic rings. The lowest BCUT2D eigenvalue weighted by Crippen LogP contribution is -2.73. The van der Waals surface area contributed by atoms with Gasteiger partial charge in [-0.15, -0.1) is 0 Å². The Labute approximate surface area is 490 Å². The minimum atomic E-state index is -3.40. The van der Waals surface area contributed by atoms with Gasteiger partial charge < -0.3 is 20.6 Å². The topological polar surface area (TPSA) is 46.2 Å². The highest BCUT2D eigenvalue weighted by molar-refractivity contribution is 7.11. The third-order valence-corrected chi connectivity index (χ3v) is 33.4. The smallest absolute Gasteiger partial charge is 0.405 e. The van der Waals surface area contributed by atoms with Gasteiger partial charge in [0.25, 0.3) is 16.6 Å². The summed E-state index contributed by atoms with van der Waals surface area (Å²) >= 11 is 0. The Kier molecular flexibility index (Phi) is 18.2. The Morgan fingerprint density at radius 2 is 0.321 bits per heavy atom. The highest BCUT2D eigenvalue weighted by Crippen LogP contribution is 2.20. The highest BCUT2D eigenvalue weighted by atomic mass is 28.5. The van der Waals surface area contributed by atoms with Gasteiger partial charge in [0.15, 0.2) is 0 Å². The number of hydrogen-bond acceptors (Lipinski definition) is 5. The molecular weight excluding hydrogens is 1090 g/mol. The van der Waals surface area contributed by atoms with Gasteiger partial charge in [0.05, 0.1) is 0 Å². The van der Waals surface area contributed by atoms with Crippen LogP contribution in [0, 0.1) is 69.2 Å². The van der Waals surface area contributed by atoms with E-state index in [1.54, 1.807) is 0 Å². The van der Waals surface area contributed by atoms with Crippen LogP contribution in [0.2, 0.25) is 0 Å². The normalized spacial score (nSPS) is 12.0. The fourth-order valence-electron chi connectivity index (χ4n) is 9.93. The van der Waals surface area contributed by atoms with Crippen molar-refractivity contribution in [3.63, 3.8) is 0 Å². The minimum Gasteiger partial charge on any atom is -0.421 e. The van der Waals surface area contributed by atoms with E-state index in [-0.39, 0.29) is 0 Å². The summed E-state index contributed by atoms with van der Waals surface area (Å²) in [7, 11) is -16.7. The number of rotatable bonds is 20. The summed E-state index contributed by atoms with van der Waals surface area (Å²) in [4.78, 5) is 0. The average Bonchev–Trinajstić information content (AvgIpc) is 3.56. The molecule has 5 nitrogen and oxygen atoms in total. The summed E-state index contributed by atoms with van der Waals surface area (Å²) in [5.41, 5.74) is 11.7. The first-order valence-corrected chi connectivity index (χ1v) is 36.8. The van der Waals surface area contributed by atoms with Gasteiger partial charge >= 0.3 is 37.1 Å². The van der Waals surface area contributed by atoms with Crippen molar-refractivity contribution in [2.75, 3.05) is 0 Å². The number of benzene rings is 10. The molecule has 0 aromatic heterocycles. The molecule has 81 heavy (non-hydrogen) atoms. The standard InChI is InChI=1S/C70H70O5Si6/c1-51-11-31-61(32-12-51)76(72-78(63-35-15-53(3)16-36-63)74-80(65-39-19-55(5)20-40-65,66-41-21-56(6)22-42-66)67-43-23-57(7)24-44-67)71-77(62-33-13-52(2)14-34-62)73-79(64-37-17-54(4)18-38-64)75-81(68-45-25-58(8)26-46-68,69-47-27-59(9)28-48-69)70-49-29-60(10)30-50-70/h11-50H,1-10H3. The van der Waals surface area contributed by atoms with E-state index >= 15 is 0 Å².